The first kappa shape index (κ1) is 25.8. The average molecular weight is 493 g/mol. The zero-order chi connectivity index (χ0) is 25.4. The van der Waals surface area contributed by atoms with Crippen molar-refractivity contribution in [2.24, 2.45) is 11.0 Å². The van der Waals surface area contributed by atoms with Crippen LogP contribution < -0.4 is 10.9 Å². The number of fused-ring (bicyclic) bond motifs is 1. The van der Waals surface area contributed by atoms with Crippen molar-refractivity contribution >= 4 is 31.3 Å². The third-order valence-electron chi connectivity index (χ3n) is 6.41. The van der Waals surface area contributed by atoms with Gasteiger partial charge in [-0.25, -0.2) is 4.98 Å². The third kappa shape index (κ3) is 5.00. The Labute approximate surface area is 197 Å². The molecule has 1 amide bonds. The Morgan fingerprint density at radius 3 is 2.74 bits per heavy atom. The van der Waals surface area contributed by atoms with Crippen molar-refractivity contribution in [1.82, 2.24) is 19.5 Å². The molecule has 1 fully saturated rings. The molecule has 0 radical (unpaired) electrons. The van der Waals surface area contributed by atoms with Gasteiger partial charge in [-0.15, -0.1) is 0 Å². The molecular formula is C20H32N8O5Si. The number of nitrogens with zero attached hydrogens (tertiary/aromatic N) is 6. The number of rotatable bonds is 7. The van der Waals surface area contributed by atoms with Crippen LogP contribution in [0.1, 0.15) is 40.8 Å². The molecule has 3 rings (SSSR count). The summed E-state index contributed by atoms with van der Waals surface area (Å²) >= 11 is 0. The monoisotopic (exact) mass is 492 g/mol. The van der Waals surface area contributed by atoms with Crippen LogP contribution in [0.15, 0.2) is 16.2 Å². The minimum Gasteiger partial charge on any atom is -0.414 e. The Bertz CT molecular complexity index is 1160. The van der Waals surface area contributed by atoms with E-state index in [0.717, 1.165) is 0 Å². The molecule has 13 nitrogen and oxygen atoms in total. The molecule has 0 aliphatic carbocycles. The maximum absolute atomic E-state index is 12.5. The molecule has 3 N–H and O–H groups in total. The van der Waals surface area contributed by atoms with E-state index >= 15 is 0 Å². The molecule has 34 heavy (non-hydrogen) atoms. The predicted octanol–water partition coefficient (Wildman–Crippen LogP) is 2.67. The summed E-state index contributed by atoms with van der Waals surface area (Å²) in [5.41, 5.74) is 8.66. The molecule has 1 unspecified atom stereocenters. The second-order valence-corrected chi connectivity index (χ2v) is 15.0. The molecule has 4 atom stereocenters. The smallest absolute Gasteiger partial charge is 0.280 e. The first-order valence-electron chi connectivity index (χ1n) is 11.1. The van der Waals surface area contributed by atoms with E-state index in [2.05, 4.69) is 64.2 Å². The van der Waals surface area contributed by atoms with Crippen molar-refractivity contribution < 1.29 is 19.1 Å². The van der Waals surface area contributed by atoms with E-state index in [1.807, 2.05) is 0 Å². The number of carbonyl (C=O) groups excluding carboxylic acids is 1. The highest BCUT2D eigenvalue weighted by molar-refractivity contribution is 6.74. The van der Waals surface area contributed by atoms with Crippen LogP contribution in [0.4, 0.5) is 5.95 Å². The molecule has 0 saturated carbocycles. The summed E-state index contributed by atoms with van der Waals surface area (Å²) in [5, 5.41) is 17.1. The number of anilines is 1. The van der Waals surface area contributed by atoms with E-state index in [-0.39, 0.29) is 40.6 Å². The summed E-state index contributed by atoms with van der Waals surface area (Å²) in [5.74, 6) is -0.694. The summed E-state index contributed by atoms with van der Waals surface area (Å²) < 4.78 is 13.7. The van der Waals surface area contributed by atoms with E-state index in [9.17, 15) is 14.7 Å². The van der Waals surface area contributed by atoms with Gasteiger partial charge in [0.2, 0.25) is 11.9 Å². The number of carbonyl (C=O) groups is 1. The van der Waals surface area contributed by atoms with Crippen molar-refractivity contribution in [2.75, 3.05) is 11.9 Å². The number of azide groups is 1. The SMILES string of the molecule is CC(C)C(=O)Nc1nc2c(ncn2[C@@H]2O[C@H](CO[Si](C)(C)C(C)(C)C)[C@H](O)C2N=[N+]=[N-])c(=O)[nH]1. The fraction of sp³-hybridized carbons (Fsp3) is 0.700. The number of hydrogen-bond donors (Lipinski definition) is 3. The quantitative estimate of drug-likeness (QED) is 0.230. The summed E-state index contributed by atoms with van der Waals surface area (Å²) in [6.45, 7) is 14.0. The topological polar surface area (TPSA) is 180 Å². The highest BCUT2D eigenvalue weighted by Crippen LogP contribution is 2.38. The summed E-state index contributed by atoms with van der Waals surface area (Å²) in [6.07, 6.45) is -1.57. The van der Waals surface area contributed by atoms with Crippen LogP contribution in [0.2, 0.25) is 18.1 Å². The highest BCUT2D eigenvalue weighted by atomic mass is 28.4. The van der Waals surface area contributed by atoms with Gasteiger partial charge >= 0.3 is 0 Å². The van der Waals surface area contributed by atoms with Crippen LogP contribution in [-0.4, -0.2) is 63.7 Å². The number of aromatic amines is 1. The van der Waals surface area contributed by atoms with Crippen LogP contribution in [0, 0.1) is 5.92 Å². The van der Waals surface area contributed by atoms with Gasteiger partial charge in [0, 0.05) is 10.8 Å². The lowest BCUT2D eigenvalue weighted by molar-refractivity contribution is -0.118. The van der Waals surface area contributed by atoms with Gasteiger partial charge < -0.3 is 14.3 Å². The predicted molar refractivity (Wildman–Crippen MR) is 128 cm³/mol. The van der Waals surface area contributed by atoms with Crippen LogP contribution in [0.3, 0.4) is 0 Å². The number of hydrogen-bond acceptors (Lipinski definition) is 8. The molecule has 3 heterocycles. The van der Waals surface area contributed by atoms with Crippen LogP contribution in [0.25, 0.3) is 21.6 Å². The lowest BCUT2D eigenvalue weighted by Gasteiger charge is -2.37. The second kappa shape index (κ2) is 9.47. The van der Waals surface area contributed by atoms with E-state index in [1.54, 1.807) is 13.8 Å². The first-order valence-corrected chi connectivity index (χ1v) is 14.0. The molecule has 1 saturated heterocycles. The number of imidazole rings is 1. The van der Waals surface area contributed by atoms with Gasteiger partial charge in [0.1, 0.15) is 18.4 Å². The maximum atomic E-state index is 12.5. The van der Waals surface area contributed by atoms with Gasteiger partial charge in [-0.1, -0.05) is 39.7 Å². The second-order valence-electron chi connectivity index (χ2n) is 10.2. The molecule has 1 aliphatic rings. The van der Waals surface area contributed by atoms with Crippen LogP contribution >= 0.6 is 0 Å². The number of aliphatic hydroxyl groups excluding tert-OH is 1. The molecule has 2 aromatic rings. The van der Waals surface area contributed by atoms with Crippen molar-refractivity contribution in [3.05, 3.63) is 27.1 Å². The lowest BCUT2D eigenvalue weighted by Crippen LogP contribution is -2.44. The van der Waals surface area contributed by atoms with Crippen molar-refractivity contribution in [3.8, 4) is 0 Å². The number of nitrogens with one attached hydrogen (secondary N) is 2. The Hall–Kier alpha value is -2.77. The van der Waals surface area contributed by atoms with E-state index in [1.165, 1.54) is 10.9 Å². The van der Waals surface area contributed by atoms with Gasteiger partial charge in [0.15, 0.2) is 19.5 Å². The highest BCUT2D eigenvalue weighted by Gasteiger charge is 2.46. The summed E-state index contributed by atoms with van der Waals surface area (Å²) in [4.78, 5) is 38.3. The van der Waals surface area contributed by atoms with Gasteiger partial charge in [-0.3, -0.25) is 24.5 Å². The molecule has 0 spiro atoms. The van der Waals surface area contributed by atoms with Gasteiger partial charge in [-0.05, 0) is 23.7 Å². The number of amides is 1. The normalized spacial score (nSPS) is 23.3. The number of aliphatic hydroxyl groups is 1. The minimum atomic E-state index is -2.13. The summed E-state index contributed by atoms with van der Waals surface area (Å²) in [6, 6.07) is -1.01. The molecule has 2 aromatic heterocycles. The van der Waals surface area contributed by atoms with Crippen molar-refractivity contribution in [1.29, 1.82) is 0 Å². The fourth-order valence-electron chi connectivity index (χ4n) is 3.22. The maximum Gasteiger partial charge on any atom is 0.280 e. The molecule has 1 aliphatic heterocycles. The van der Waals surface area contributed by atoms with Gasteiger partial charge in [0.05, 0.1) is 19.0 Å². The number of H-pyrrole nitrogens is 1. The fourth-order valence-corrected chi connectivity index (χ4v) is 4.24. The van der Waals surface area contributed by atoms with Crippen molar-refractivity contribution in [3.63, 3.8) is 0 Å². The van der Waals surface area contributed by atoms with Crippen LogP contribution in [0.5, 0.6) is 0 Å². The zero-order valence-electron chi connectivity index (χ0n) is 20.4. The van der Waals surface area contributed by atoms with E-state index in [4.69, 9.17) is 14.7 Å². The molecule has 0 bridgehead atoms. The third-order valence-corrected chi connectivity index (χ3v) is 10.9. The Morgan fingerprint density at radius 2 is 2.15 bits per heavy atom. The Kier molecular flexibility index (Phi) is 7.19. The Morgan fingerprint density at radius 1 is 1.47 bits per heavy atom. The largest absolute Gasteiger partial charge is 0.414 e. The zero-order valence-corrected chi connectivity index (χ0v) is 21.4. The Balaban J connectivity index is 1.94. The first-order chi connectivity index (χ1) is 15.8. The van der Waals surface area contributed by atoms with E-state index in [0.29, 0.717) is 0 Å². The van der Waals surface area contributed by atoms with Gasteiger partial charge in [0.25, 0.3) is 5.56 Å². The lowest BCUT2D eigenvalue weighted by atomic mass is 10.1. The number of aromatic nitrogens is 4. The molecule has 14 heteroatoms. The summed E-state index contributed by atoms with van der Waals surface area (Å²) in [7, 11) is -2.13. The van der Waals surface area contributed by atoms with Crippen molar-refractivity contribution in [2.45, 2.75) is 77.2 Å². The standard InChI is InChI=1S/C20H32N8O5Si/c1-10(2)16(30)24-19-23-15-13(17(31)25-19)22-9-28(15)18-12(26-27-21)14(29)11(33-18)8-32-34(6,7)20(3,4)5/h9-12,14,18,29H,8H2,1-7H3,(H2,23,24,25,30,31)/t11-,12?,14+,18-/m1/s1. The minimum absolute atomic E-state index is 0.0151. The van der Waals surface area contributed by atoms with Gasteiger partial charge in [-0.2, -0.15) is 4.98 Å². The van der Waals surface area contributed by atoms with Crippen LogP contribution in [-0.2, 0) is 14.0 Å². The molecular weight excluding hydrogens is 460 g/mol. The van der Waals surface area contributed by atoms with E-state index < -0.39 is 38.4 Å². The molecule has 0 aromatic carbocycles. The number of ether oxygens (including phenoxy) is 1. The molecule has 186 valence electrons. The average Bonchev–Trinajstić information content (AvgIpc) is 3.28.